The zero-order valence-corrected chi connectivity index (χ0v) is 15.1. The van der Waals surface area contributed by atoms with Crippen molar-refractivity contribution in [2.45, 2.75) is 39.2 Å². The normalized spacial score (nSPS) is 16.6. The van der Waals surface area contributed by atoms with Crippen molar-refractivity contribution >= 4 is 23.4 Å². The van der Waals surface area contributed by atoms with E-state index in [0.29, 0.717) is 5.95 Å². The van der Waals surface area contributed by atoms with Crippen LogP contribution >= 0.6 is 0 Å². The van der Waals surface area contributed by atoms with Gasteiger partial charge >= 0.3 is 0 Å². The van der Waals surface area contributed by atoms with Crippen LogP contribution in [0.4, 0.5) is 21.8 Å². The third-order valence-electron chi connectivity index (χ3n) is 4.29. The molecule has 1 unspecified atom stereocenters. The van der Waals surface area contributed by atoms with Gasteiger partial charge in [0.2, 0.25) is 11.9 Å². The highest BCUT2D eigenvalue weighted by Crippen LogP contribution is 2.23. The van der Waals surface area contributed by atoms with Crippen LogP contribution in [0.15, 0.2) is 30.3 Å². The molecule has 1 aliphatic heterocycles. The van der Waals surface area contributed by atoms with E-state index < -0.39 is 0 Å². The van der Waals surface area contributed by atoms with Crippen LogP contribution in [0.25, 0.3) is 0 Å². The minimum Gasteiger partial charge on any atom is -0.354 e. The first-order chi connectivity index (χ1) is 12.5. The molecule has 26 heavy (non-hydrogen) atoms. The van der Waals surface area contributed by atoms with E-state index in [1.807, 2.05) is 6.07 Å². The van der Waals surface area contributed by atoms with Crippen molar-refractivity contribution in [2.75, 3.05) is 23.3 Å². The first-order valence-electron chi connectivity index (χ1n) is 8.96. The molecule has 1 saturated heterocycles. The molecule has 2 N–H and O–H groups in total. The fraction of sp³-hybridized carbons (Fsp3) is 0.421. The molecule has 7 heteroatoms. The zero-order valence-electron chi connectivity index (χ0n) is 15.1. The van der Waals surface area contributed by atoms with Crippen molar-refractivity contribution < 1.29 is 9.18 Å². The number of benzene rings is 1. The van der Waals surface area contributed by atoms with Crippen molar-refractivity contribution in [3.8, 4) is 0 Å². The molecule has 0 radical (unpaired) electrons. The van der Waals surface area contributed by atoms with Gasteiger partial charge in [0.15, 0.2) is 0 Å². The highest BCUT2D eigenvalue weighted by Gasteiger charge is 2.24. The summed E-state index contributed by atoms with van der Waals surface area (Å²) in [6.45, 7) is 5.22. The Morgan fingerprint density at radius 3 is 2.77 bits per heavy atom. The number of aromatic nitrogens is 2. The Labute approximate surface area is 152 Å². The monoisotopic (exact) mass is 357 g/mol. The van der Waals surface area contributed by atoms with Crippen molar-refractivity contribution in [2.24, 2.45) is 0 Å². The number of halogens is 1. The maximum Gasteiger partial charge on any atom is 0.229 e. The fourth-order valence-electron chi connectivity index (χ4n) is 3.12. The highest BCUT2D eigenvalue weighted by molar-refractivity contribution is 5.73. The van der Waals surface area contributed by atoms with E-state index in [4.69, 9.17) is 0 Å². The van der Waals surface area contributed by atoms with Crippen LogP contribution in [-0.4, -0.2) is 35.0 Å². The van der Waals surface area contributed by atoms with E-state index in [-0.39, 0.29) is 17.8 Å². The second-order valence-electron chi connectivity index (χ2n) is 6.56. The molecule has 1 atom stereocenters. The molecule has 2 heterocycles. The van der Waals surface area contributed by atoms with E-state index in [1.54, 1.807) is 12.1 Å². The van der Waals surface area contributed by atoms with Gasteiger partial charge in [0, 0.05) is 43.5 Å². The van der Waals surface area contributed by atoms with Gasteiger partial charge in [-0.05, 0) is 37.1 Å². The Balaban J connectivity index is 1.80. The van der Waals surface area contributed by atoms with E-state index in [0.717, 1.165) is 49.6 Å². The average molecular weight is 357 g/mol. The Morgan fingerprint density at radius 2 is 2.08 bits per heavy atom. The second kappa shape index (κ2) is 8.12. The third-order valence-corrected chi connectivity index (χ3v) is 4.29. The van der Waals surface area contributed by atoms with Crippen molar-refractivity contribution in [3.63, 3.8) is 0 Å². The fourth-order valence-corrected chi connectivity index (χ4v) is 3.12. The minimum atomic E-state index is -0.280. The van der Waals surface area contributed by atoms with Gasteiger partial charge in [-0.15, -0.1) is 0 Å². The molecule has 3 rings (SSSR count). The van der Waals surface area contributed by atoms with Gasteiger partial charge < -0.3 is 15.5 Å². The summed E-state index contributed by atoms with van der Waals surface area (Å²) in [6, 6.07) is 8.27. The largest absolute Gasteiger partial charge is 0.354 e. The predicted molar refractivity (Wildman–Crippen MR) is 100 cm³/mol. The molecule has 0 saturated carbocycles. The van der Waals surface area contributed by atoms with Crippen molar-refractivity contribution in [1.29, 1.82) is 0 Å². The molecular formula is C19H24FN5O. The van der Waals surface area contributed by atoms with Gasteiger partial charge in [-0.3, -0.25) is 4.79 Å². The van der Waals surface area contributed by atoms with E-state index >= 15 is 0 Å². The molecule has 1 aliphatic rings. The SMILES string of the molecule is CCCc1cc(N2CCC(NC(C)=O)C2)nc(Nc2ccc(F)cc2)n1. The summed E-state index contributed by atoms with van der Waals surface area (Å²) in [5.74, 6) is 1.06. The van der Waals surface area contributed by atoms with Crippen LogP contribution < -0.4 is 15.5 Å². The summed E-state index contributed by atoms with van der Waals surface area (Å²) in [7, 11) is 0. The number of rotatable bonds is 6. The van der Waals surface area contributed by atoms with Crippen molar-refractivity contribution in [1.82, 2.24) is 15.3 Å². The van der Waals surface area contributed by atoms with Crippen LogP contribution in [0.1, 0.15) is 32.4 Å². The predicted octanol–water partition coefficient (Wildman–Crippen LogP) is 3.03. The lowest BCUT2D eigenvalue weighted by Gasteiger charge is -2.19. The zero-order chi connectivity index (χ0) is 18.5. The maximum atomic E-state index is 13.1. The number of aryl methyl sites for hydroxylation is 1. The van der Waals surface area contributed by atoms with Gasteiger partial charge in [-0.1, -0.05) is 13.3 Å². The Hall–Kier alpha value is -2.70. The van der Waals surface area contributed by atoms with Crippen LogP contribution in [0.2, 0.25) is 0 Å². The van der Waals surface area contributed by atoms with Gasteiger partial charge in [-0.2, -0.15) is 4.98 Å². The van der Waals surface area contributed by atoms with Gasteiger partial charge in [-0.25, -0.2) is 9.37 Å². The maximum absolute atomic E-state index is 13.1. The highest BCUT2D eigenvalue weighted by atomic mass is 19.1. The first-order valence-corrected chi connectivity index (χ1v) is 8.96. The van der Waals surface area contributed by atoms with Crippen LogP contribution in [-0.2, 0) is 11.2 Å². The van der Waals surface area contributed by atoms with Crippen LogP contribution in [0.3, 0.4) is 0 Å². The van der Waals surface area contributed by atoms with Crippen molar-refractivity contribution in [3.05, 3.63) is 41.8 Å². The van der Waals surface area contributed by atoms with Gasteiger partial charge in [0.05, 0.1) is 0 Å². The summed E-state index contributed by atoms with van der Waals surface area (Å²) in [5.41, 5.74) is 1.70. The van der Waals surface area contributed by atoms with E-state index in [2.05, 4.69) is 32.4 Å². The summed E-state index contributed by atoms with van der Waals surface area (Å²) < 4.78 is 13.1. The number of anilines is 3. The van der Waals surface area contributed by atoms with Gasteiger partial charge in [0.25, 0.3) is 0 Å². The molecule has 1 aromatic carbocycles. The molecule has 1 aromatic heterocycles. The standard InChI is InChI=1S/C19H24FN5O/c1-3-4-16-11-18(25-10-9-17(12-25)21-13(2)26)24-19(23-16)22-15-7-5-14(20)6-8-15/h5-8,11,17H,3-4,9-10,12H2,1-2H3,(H,21,26)(H,22,23,24). The molecule has 2 aromatic rings. The van der Waals surface area contributed by atoms with Gasteiger partial charge in [0.1, 0.15) is 11.6 Å². The molecule has 0 aliphatic carbocycles. The first kappa shape index (κ1) is 18.1. The topological polar surface area (TPSA) is 70.2 Å². The molecule has 6 nitrogen and oxygen atoms in total. The smallest absolute Gasteiger partial charge is 0.229 e. The molecule has 138 valence electrons. The number of hydrogen-bond acceptors (Lipinski definition) is 5. The summed E-state index contributed by atoms with van der Waals surface area (Å²) >= 11 is 0. The summed E-state index contributed by atoms with van der Waals surface area (Å²) in [5, 5.41) is 6.12. The number of hydrogen-bond donors (Lipinski definition) is 2. The Bertz CT molecular complexity index is 765. The number of nitrogens with zero attached hydrogens (tertiary/aromatic N) is 3. The lowest BCUT2D eigenvalue weighted by Crippen LogP contribution is -2.35. The lowest BCUT2D eigenvalue weighted by molar-refractivity contribution is -0.119. The average Bonchev–Trinajstić information content (AvgIpc) is 3.05. The number of carbonyl (C=O) groups excluding carboxylic acids is 1. The Kier molecular flexibility index (Phi) is 5.65. The molecule has 0 bridgehead atoms. The summed E-state index contributed by atoms with van der Waals surface area (Å²) in [6.07, 6.45) is 2.74. The van der Waals surface area contributed by atoms with E-state index in [1.165, 1.54) is 19.1 Å². The molecule has 1 fully saturated rings. The summed E-state index contributed by atoms with van der Waals surface area (Å²) in [4.78, 5) is 22.6. The number of carbonyl (C=O) groups is 1. The Morgan fingerprint density at radius 1 is 1.31 bits per heavy atom. The molecule has 0 spiro atoms. The minimum absolute atomic E-state index is 0.00937. The quantitative estimate of drug-likeness (QED) is 0.832. The molecule has 1 amide bonds. The van der Waals surface area contributed by atoms with E-state index in [9.17, 15) is 9.18 Å². The third kappa shape index (κ3) is 4.68. The number of nitrogens with one attached hydrogen (secondary N) is 2. The second-order valence-corrected chi connectivity index (χ2v) is 6.56. The molecular weight excluding hydrogens is 333 g/mol. The van der Waals surface area contributed by atoms with Crippen LogP contribution in [0, 0.1) is 5.82 Å². The number of amides is 1. The van der Waals surface area contributed by atoms with Crippen LogP contribution in [0.5, 0.6) is 0 Å². The lowest BCUT2D eigenvalue weighted by atomic mass is 10.2.